The van der Waals surface area contributed by atoms with Crippen molar-refractivity contribution in [3.05, 3.63) is 258 Å². The summed E-state index contributed by atoms with van der Waals surface area (Å²) in [6, 6.07) is 69.7. The van der Waals surface area contributed by atoms with E-state index in [9.17, 15) is 0 Å². The Labute approximate surface area is 353 Å². The number of fused-ring (bicyclic) bond motifs is 11. The molecule has 8 aromatic rings. The minimum absolute atomic E-state index is 0.548. The molecule has 0 amide bonds. The van der Waals surface area contributed by atoms with E-state index in [-0.39, 0.29) is 0 Å². The van der Waals surface area contributed by atoms with Gasteiger partial charge in [0, 0.05) is 33.8 Å². The minimum Gasteiger partial charge on any atom is -0.310 e. The standard InChI is InChI=1S/C58H44N2/c1-2-3-33-56(42-21-7-4-8-22-42)59(43-24-9-5-10-25-43)45-35-37-50-51-38-36-46(60(44-26-11-6-12-27-44)57-34-19-23-41-20-13-14-28-47(41)57)40-55(51)58(54(50)39-45)52-31-17-15-29-48(52)49-30-16-18-32-53(49)58/h3-21,23-40H,2,22H2,1H3/b33-3-,56-42+. The van der Waals surface area contributed by atoms with Crippen LogP contribution in [0.15, 0.2) is 236 Å². The summed E-state index contributed by atoms with van der Waals surface area (Å²) in [5.41, 5.74) is 18.0. The lowest BCUT2D eigenvalue weighted by Crippen LogP contribution is -2.27. The molecule has 0 radical (unpaired) electrons. The highest BCUT2D eigenvalue weighted by Crippen LogP contribution is 2.64. The van der Waals surface area contributed by atoms with Crippen molar-refractivity contribution in [3.63, 3.8) is 0 Å². The van der Waals surface area contributed by atoms with Crippen LogP contribution < -0.4 is 9.80 Å². The van der Waals surface area contributed by atoms with Crippen LogP contribution in [0.25, 0.3) is 33.0 Å². The maximum Gasteiger partial charge on any atom is 0.0727 e. The highest BCUT2D eigenvalue weighted by Gasteiger charge is 2.52. The summed E-state index contributed by atoms with van der Waals surface area (Å²) in [6.45, 7) is 2.21. The first-order valence-corrected chi connectivity index (χ1v) is 21.2. The first-order chi connectivity index (χ1) is 29.8. The van der Waals surface area contributed by atoms with E-state index in [1.54, 1.807) is 0 Å². The SMILES string of the molecule is CC/C=C\C(=C1\C=CC=CC1)N(c1ccccc1)c1ccc2c(c1)C1(c3ccccc3-c3ccccc31)c1cc(N(c3ccccc3)c3cccc4ccccc34)ccc1-2. The largest absolute Gasteiger partial charge is 0.310 e. The number of hydrogen-bond donors (Lipinski definition) is 0. The van der Waals surface area contributed by atoms with Gasteiger partial charge in [-0.3, -0.25) is 0 Å². The van der Waals surface area contributed by atoms with Crippen molar-refractivity contribution >= 4 is 39.2 Å². The van der Waals surface area contributed by atoms with E-state index in [0.29, 0.717) is 0 Å². The van der Waals surface area contributed by atoms with Gasteiger partial charge in [0.05, 0.1) is 11.1 Å². The molecule has 0 unspecified atom stereocenters. The van der Waals surface area contributed by atoms with Gasteiger partial charge in [-0.15, -0.1) is 0 Å². The molecule has 0 saturated heterocycles. The molecule has 286 valence electrons. The predicted octanol–water partition coefficient (Wildman–Crippen LogP) is 15.5. The molecule has 1 spiro atoms. The van der Waals surface area contributed by atoms with Crippen LogP contribution in [-0.4, -0.2) is 0 Å². The molecule has 0 heterocycles. The van der Waals surface area contributed by atoms with Gasteiger partial charge >= 0.3 is 0 Å². The first kappa shape index (κ1) is 35.7. The third-order valence-electron chi connectivity index (χ3n) is 12.6. The molecule has 0 bridgehead atoms. The number of hydrogen-bond acceptors (Lipinski definition) is 2. The van der Waals surface area contributed by atoms with Gasteiger partial charge in [0.1, 0.15) is 0 Å². The second kappa shape index (κ2) is 14.8. The maximum absolute atomic E-state index is 2.50. The van der Waals surface area contributed by atoms with Crippen molar-refractivity contribution in [1.29, 1.82) is 0 Å². The Morgan fingerprint density at radius 1 is 0.517 bits per heavy atom. The van der Waals surface area contributed by atoms with Gasteiger partial charge in [-0.2, -0.15) is 0 Å². The third-order valence-corrected chi connectivity index (χ3v) is 12.6. The van der Waals surface area contributed by atoms with E-state index in [1.807, 2.05) is 0 Å². The first-order valence-electron chi connectivity index (χ1n) is 21.2. The second-order valence-corrected chi connectivity index (χ2v) is 15.9. The number of benzene rings is 8. The summed E-state index contributed by atoms with van der Waals surface area (Å²) in [6.07, 6.45) is 15.3. The van der Waals surface area contributed by atoms with E-state index < -0.39 is 5.41 Å². The van der Waals surface area contributed by atoms with Crippen LogP contribution in [0.5, 0.6) is 0 Å². The molecule has 0 aliphatic heterocycles. The van der Waals surface area contributed by atoms with E-state index >= 15 is 0 Å². The molecule has 3 aliphatic carbocycles. The molecular formula is C58H44N2. The Hall–Kier alpha value is -7.42. The van der Waals surface area contributed by atoms with Crippen LogP contribution in [0, 0.1) is 0 Å². The minimum atomic E-state index is -0.548. The van der Waals surface area contributed by atoms with Gasteiger partial charge in [0.2, 0.25) is 0 Å². The van der Waals surface area contributed by atoms with Crippen LogP contribution in [0.3, 0.4) is 0 Å². The van der Waals surface area contributed by atoms with Crippen molar-refractivity contribution in [2.24, 2.45) is 0 Å². The number of para-hydroxylation sites is 2. The van der Waals surface area contributed by atoms with Crippen LogP contribution in [0.4, 0.5) is 28.4 Å². The fraction of sp³-hybridized carbons (Fsp3) is 0.0690. The molecule has 0 aromatic heterocycles. The molecule has 11 rings (SSSR count). The second-order valence-electron chi connectivity index (χ2n) is 15.9. The van der Waals surface area contributed by atoms with E-state index in [1.165, 1.54) is 66.6 Å². The zero-order chi connectivity index (χ0) is 40.0. The quantitative estimate of drug-likeness (QED) is 0.152. The molecular weight excluding hydrogens is 725 g/mol. The van der Waals surface area contributed by atoms with Gasteiger partial charge in [-0.05, 0) is 129 Å². The third kappa shape index (κ3) is 5.56. The molecule has 2 heteroatoms. The number of anilines is 5. The Kier molecular flexibility index (Phi) is 8.78. The van der Waals surface area contributed by atoms with Crippen LogP contribution >= 0.6 is 0 Å². The number of rotatable bonds is 8. The Balaban J connectivity index is 1.19. The van der Waals surface area contributed by atoms with Gasteiger partial charge in [0.15, 0.2) is 0 Å². The van der Waals surface area contributed by atoms with Crippen LogP contribution in [0.2, 0.25) is 0 Å². The summed E-state index contributed by atoms with van der Waals surface area (Å²) < 4.78 is 0. The number of nitrogens with zero attached hydrogens (tertiary/aromatic N) is 2. The van der Waals surface area contributed by atoms with E-state index in [4.69, 9.17) is 0 Å². The molecule has 0 atom stereocenters. The van der Waals surface area contributed by atoms with Crippen molar-refractivity contribution in [2.75, 3.05) is 9.80 Å². The van der Waals surface area contributed by atoms with Crippen molar-refractivity contribution in [3.8, 4) is 22.3 Å². The van der Waals surface area contributed by atoms with Crippen molar-refractivity contribution < 1.29 is 0 Å². The summed E-state index contributed by atoms with van der Waals surface area (Å²) in [7, 11) is 0. The normalized spacial score (nSPS) is 14.9. The Bertz CT molecular complexity index is 3010. The van der Waals surface area contributed by atoms with Gasteiger partial charge in [-0.1, -0.05) is 171 Å². The molecule has 3 aliphatic rings. The average molecular weight is 769 g/mol. The monoisotopic (exact) mass is 768 g/mol. The summed E-state index contributed by atoms with van der Waals surface area (Å²) >= 11 is 0. The van der Waals surface area contributed by atoms with Crippen molar-refractivity contribution in [2.45, 2.75) is 25.2 Å². The molecule has 0 saturated carbocycles. The zero-order valence-electron chi connectivity index (χ0n) is 33.7. The molecule has 8 aromatic carbocycles. The summed E-state index contributed by atoms with van der Waals surface area (Å²) in [5.74, 6) is 0. The fourth-order valence-electron chi connectivity index (χ4n) is 10.1. The topological polar surface area (TPSA) is 6.48 Å². The number of allylic oxidation sites excluding steroid dienone is 7. The molecule has 60 heavy (non-hydrogen) atoms. The van der Waals surface area contributed by atoms with Crippen molar-refractivity contribution in [1.82, 2.24) is 0 Å². The lowest BCUT2D eigenvalue weighted by molar-refractivity contribution is 0.793. The summed E-state index contributed by atoms with van der Waals surface area (Å²) in [5, 5.41) is 2.44. The van der Waals surface area contributed by atoms with Crippen LogP contribution in [0.1, 0.15) is 42.0 Å². The van der Waals surface area contributed by atoms with Crippen LogP contribution in [-0.2, 0) is 5.41 Å². The van der Waals surface area contributed by atoms with Gasteiger partial charge in [-0.25, -0.2) is 0 Å². The smallest absolute Gasteiger partial charge is 0.0727 e. The highest BCUT2D eigenvalue weighted by molar-refractivity contribution is 6.01. The lowest BCUT2D eigenvalue weighted by atomic mass is 9.70. The van der Waals surface area contributed by atoms with E-state index in [2.05, 4.69) is 241 Å². The Morgan fingerprint density at radius 2 is 1.10 bits per heavy atom. The summed E-state index contributed by atoms with van der Waals surface area (Å²) in [4.78, 5) is 4.91. The predicted molar refractivity (Wildman–Crippen MR) is 253 cm³/mol. The lowest BCUT2D eigenvalue weighted by Gasteiger charge is -2.34. The average Bonchev–Trinajstić information content (AvgIpc) is 3.78. The molecule has 0 N–H and O–H groups in total. The van der Waals surface area contributed by atoms with E-state index in [0.717, 1.165) is 41.3 Å². The van der Waals surface area contributed by atoms with Gasteiger partial charge < -0.3 is 9.80 Å². The molecule has 2 nitrogen and oxygen atoms in total. The van der Waals surface area contributed by atoms with Gasteiger partial charge in [0.25, 0.3) is 0 Å². The fourth-order valence-corrected chi connectivity index (χ4v) is 10.1. The Morgan fingerprint density at radius 3 is 1.78 bits per heavy atom. The zero-order valence-corrected chi connectivity index (χ0v) is 33.7. The molecule has 0 fully saturated rings. The highest BCUT2D eigenvalue weighted by atomic mass is 15.2. The maximum atomic E-state index is 2.50.